The number of carbonyl (C=O) groups is 1. The van der Waals surface area contributed by atoms with E-state index in [1.54, 1.807) is 19.1 Å². The highest BCUT2D eigenvalue weighted by Crippen LogP contribution is 2.53. The van der Waals surface area contributed by atoms with Crippen LogP contribution in [0, 0.1) is 27.3 Å². The number of benzene rings is 2. The highest BCUT2D eigenvalue weighted by molar-refractivity contribution is 7.90. The van der Waals surface area contributed by atoms with Gasteiger partial charge in [0.25, 0.3) is 15.9 Å². The van der Waals surface area contributed by atoms with E-state index in [-0.39, 0.29) is 63.2 Å². The van der Waals surface area contributed by atoms with Gasteiger partial charge in [-0.1, -0.05) is 38.1 Å². The van der Waals surface area contributed by atoms with Crippen molar-refractivity contribution < 1.29 is 45.5 Å². The molecule has 1 amide bonds. The van der Waals surface area contributed by atoms with E-state index in [2.05, 4.69) is 56.0 Å². The number of nitrogens with one attached hydrogen (secondary N) is 3. The molecule has 0 bridgehead atoms. The number of halogens is 4. The molecule has 4 fully saturated rings. The van der Waals surface area contributed by atoms with E-state index in [4.69, 9.17) is 4.74 Å². The molecule has 5 heterocycles. The number of piperidine rings is 1. The molecule has 0 unspecified atom stereocenters. The van der Waals surface area contributed by atoms with Crippen LogP contribution in [0.25, 0.3) is 11.0 Å². The maximum absolute atomic E-state index is 14.7. The Morgan fingerprint density at radius 3 is 2.45 bits per heavy atom. The molecular weight excluding hydrogens is 947 g/mol. The average molecular weight is 1010 g/mol. The fourth-order valence-electron chi connectivity index (χ4n) is 11.1. The van der Waals surface area contributed by atoms with Gasteiger partial charge >= 0.3 is 11.9 Å². The number of aromatic amines is 1. The molecule has 2 saturated heterocycles. The van der Waals surface area contributed by atoms with Crippen LogP contribution >= 0.6 is 0 Å². The Morgan fingerprint density at radius 1 is 1.01 bits per heavy atom. The Morgan fingerprint density at radius 2 is 1.75 bits per heavy atom. The van der Waals surface area contributed by atoms with E-state index < -0.39 is 55.6 Å². The number of H-pyrrole nitrogens is 1. The van der Waals surface area contributed by atoms with Gasteiger partial charge in [0, 0.05) is 75.4 Å². The van der Waals surface area contributed by atoms with Crippen LogP contribution in [0.5, 0.6) is 11.5 Å². The Bertz CT molecular complexity index is 2890. The smallest absolute Gasteiger partial charge is 0.401 e. The number of rotatable bonds is 14. The summed E-state index contributed by atoms with van der Waals surface area (Å²) in [6, 6.07) is 15.1. The number of sulfonamides is 1. The largest absolute Gasteiger partial charge is 0.455 e. The van der Waals surface area contributed by atoms with Gasteiger partial charge in [-0.3, -0.25) is 24.7 Å². The van der Waals surface area contributed by atoms with Gasteiger partial charge in [0.1, 0.15) is 27.9 Å². The number of ether oxygens (including phenoxy) is 1. The van der Waals surface area contributed by atoms with Crippen LogP contribution in [0.4, 0.5) is 34.8 Å². The number of aromatic nitrogens is 3. The van der Waals surface area contributed by atoms with Gasteiger partial charge in [-0.15, -0.1) is 0 Å². The molecule has 2 aliphatic heterocycles. The molecule has 4 aliphatic rings. The number of anilines is 2. The quantitative estimate of drug-likeness (QED) is 0.0467. The molecule has 21 heteroatoms. The Kier molecular flexibility index (Phi) is 13.8. The number of amides is 1. The third-order valence-electron chi connectivity index (χ3n) is 15.1. The summed E-state index contributed by atoms with van der Waals surface area (Å²) in [5.74, 6) is -1.47. The molecule has 5 aromatic rings. The van der Waals surface area contributed by atoms with E-state index in [0.29, 0.717) is 70.6 Å². The number of fused-ring (bicyclic) bond motifs is 1. The van der Waals surface area contributed by atoms with E-state index in [1.807, 2.05) is 16.9 Å². The summed E-state index contributed by atoms with van der Waals surface area (Å²) in [7, 11) is -4.74. The minimum Gasteiger partial charge on any atom is -0.455 e. The third-order valence-corrected chi connectivity index (χ3v) is 16.4. The highest BCUT2D eigenvalue weighted by Gasteiger charge is 2.50. The molecule has 71 heavy (non-hydrogen) atoms. The van der Waals surface area contributed by atoms with Gasteiger partial charge in [0.2, 0.25) is 5.82 Å². The van der Waals surface area contributed by atoms with E-state index in [9.17, 15) is 46.0 Å². The zero-order valence-electron chi connectivity index (χ0n) is 39.8. The first-order valence-corrected chi connectivity index (χ1v) is 25.6. The number of carbonyl (C=O) groups excluding carboxylic acids is 1. The van der Waals surface area contributed by atoms with Crippen molar-refractivity contribution in [2.45, 2.75) is 107 Å². The predicted molar refractivity (Wildman–Crippen MR) is 259 cm³/mol. The summed E-state index contributed by atoms with van der Waals surface area (Å²) in [4.78, 5) is 41.9. The standard InChI is InChI=1S/C50H59F4N9O7S/c1-31(2)37-6-4-5-7-38(37)43-29-60(30-50(52,53)54)18-19-62(43)34-23-49(24-34)14-16-61(17-15-49)33-8-9-39(44(20-33)70-35-21-40-41(51)28-58-45(40)56-26-35)47(64)59-71(68,69)36-22-42(63(66)67)46(57-27-36)55-25-32-10-12-48(3,65)13-11-32/h4-9,20-22,26-28,31-32,34,43,65H,10-19,23-25,29-30H2,1-3H3,(H,55,57)(H,56,58)(H,59,64)/t32?,43-,48?/m0/s1. The lowest BCUT2D eigenvalue weighted by Crippen LogP contribution is -2.60. The minimum absolute atomic E-state index is 0.0400. The number of hydrogen-bond acceptors (Lipinski definition) is 13. The monoisotopic (exact) mass is 1010 g/mol. The zero-order valence-corrected chi connectivity index (χ0v) is 40.7. The molecule has 2 aromatic carbocycles. The molecule has 1 atom stereocenters. The van der Waals surface area contributed by atoms with Crippen molar-refractivity contribution in [2.75, 3.05) is 56.0 Å². The molecule has 380 valence electrons. The van der Waals surface area contributed by atoms with Gasteiger partial charge < -0.3 is 25.0 Å². The molecule has 0 radical (unpaired) electrons. The maximum atomic E-state index is 14.7. The lowest BCUT2D eigenvalue weighted by atomic mass is 9.59. The topological polar surface area (TPSA) is 199 Å². The summed E-state index contributed by atoms with van der Waals surface area (Å²) in [5, 5.41) is 25.5. The fraction of sp³-hybridized carbons (Fsp3) is 0.500. The second-order valence-corrected chi connectivity index (χ2v) is 22.2. The van der Waals surface area contributed by atoms with Crippen LogP contribution in [-0.2, 0) is 10.0 Å². The van der Waals surface area contributed by atoms with Crippen molar-refractivity contribution in [3.8, 4) is 11.5 Å². The molecule has 9 rings (SSSR count). The van der Waals surface area contributed by atoms with Gasteiger partial charge in [-0.2, -0.15) is 13.2 Å². The summed E-state index contributed by atoms with van der Waals surface area (Å²) in [6.45, 7) is 7.84. The Labute approximate surface area is 409 Å². The number of pyridine rings is 2. The van der Waals surface area contributed by atoms with Crippen molar-refractivity contribution in [1.29, 1.82) is 0 Å². The molecular formula is C50H59F4N9O7S. The van der Waals surface area contributed by atoms with Crippen LogP contribution in [0.1, 0.15) is 106 Å². The first-order chi connectivity index (χ1) is 33.6. The second-order valence-electron chi connectivity index (χ2n) is 20.5. The second kappa shape index (κ2) is 19.6. The highest BCUT2D eigenvalue weighted by atomic mass is 32.2. The van der Waals surface area contributed by atoms with E-state index >= 15 is 0 Å². The Balaban J connectivity index is 0.906. The number of nitro groups is 1. The van der Waals surface area contributed by atoms with Crippen molar-refractivity contribution in [1.82, 2.24) is 29.5 Å². The summed E-state index contributed by atoms with van der Waals surface area (Å²) in [6.07, 6.45) is 5.19. The molecule has 1 spiro atoms. The summed E-state index contributed by atoms with van der Waals surface area (Å²) in [5.41, 5.74) is 1.65. The first-order valence-electron chi connectivity index (χ1n) is 24.2. The number of piperazine rings is 1. The molecule has 3 aromatic heterocycles. The van der Waals surface area contributed by atoms with Gasteiger partial charge in [0.15, 0.2) is 0 Å². The van der Waals surface area contributed by atoms with Crippen LogP contribution in [0.15, 0.2) is 78.1 Å². The zero-order chi connectivity index (χ0) is 50.5. The molecule has 16 nitrogen and oxygen atoms in total. The summed E-state index contributed by atoms with van der Waals surface area (Å²) >= 11 is 0. The van der Waals surface area contributed by atoms with Gasteiger partial charge in [-0.25, -0.2) is 27.5 Å². The average Bonchev–Trinajstić information content (AvgIpc) is 3.68. The minimum atomic E-state index is -4.74. The lowest BCUT2D eigenvalue weighted by Gasteiger charge is -2.58. The molecule has 4 N–H and O–H groups in total. The number of nitrogens with zero attached hydrogens (tertiary/aromatic N) is 6. The van der Waals surface area contributed by atoms with Crippen molar-refractivity contribution in [3.63, 3.8) is 0 Å². The first kappa shape index (κ1) is 50.1. The number of alkyl halides is 3. The van der Waals surface area contributed by atoms with Gasteiger partial charge in [0.05, 0.1) is 40.4 Å². The fourth-order valence-corrected chi connectivity index (χ4v) is 12.0. The summed E-state index contributed by atoms with van der Waals surface area (Å²) < 4.78 is 91.2. The Hall–Kier alpha value is -5.90. The SMILES string of the molecule is CC(C)c1ccccc1[C@@H]1CN(CC(F)(F)F)CCN1C1CC2(CCN(c3ccc(C(=O)NS(=O)(=O)c4cnc(NCC5CCC(C)(O)CC5)c([N+](=O)[O-])c4)c(Oc4cnc5[nH]cc(F)c5c4)c3)CC2)C1. The van der Waals surface area contributed by atoms with Crippen LogP contribution in [0.2, 0.25) is 0 Å². The van der Waals surface area contributed by atoms with Crippen molar-refractivity contribution >= 4 is 44.2 Å². The maximum Gasteiger partial charge on any atom is 0.401 e. The molecule has 2 saturated carbocycles. The molecule has 2 aliphatic carbocycles. The predicted octanol–water partition coefficient (Wildman–Crippen LogP) is 9.06. The van der Waals surface area contributed by atoms with Gasteiger partial charge in [-0.05, 0) is 105 Å². The normalized spacial score (nSPS) is 22.4. The van der Waals surface area contributed by atoms with Crippen molar-refractivity contribution in [3.05, 3.63) is 106 Å². The van der Waals surface area contributed by atoms with Crippen LogP contribution in [-0.4, -0.2) is 113 Å². The lowest BCUT2D eigenvalue weighted by molar-refractivity contribution is -0.384. The number of aliphatic hydroxyl groups is 1. The van der Waals surface area contributed by atoms with Crippen molar-refractivity contribution in [2.24, 2.45) is 11.3 Å². The van der Waals surface area contributed by atoms with Crippen LogP contribution < -0.4 is 19.7 Å². The van der Waals surface area contributed by atoms with E-state index in [0.717, 1.165) is 55.3 Å². The number of hydrogen-bond donors (Lipinski definition) is 4. The van der Waals surface area contributed by atoms with E-state index in [1.165, 1.54) is 23.2 Å². The van der Waals surface area contributed by atoms with Crippen LogP contribution in [0.3, 0.4) is 0 Å². The third kappa shape index (κ3) is 11.1.